The van der Waals surface area contributed by atoms with E-state index in [0.29, 0.717) is 31.3 Å². The van der Waals surface area contributed by atoms with E-state index in [1.54, 1.807) is 13.1 Å². The van der Waals surface area contributed by atoms with Gasteiger partial charge in [-0.25, -0.2) is 4.98 Å². The maximum atomic E-state index is 9.77. The molecule has 1 unspecified atom stereocenters. The second-order valence-electron chi connectivity index (χ2n) is 7.37. The van der Waals surface area contributed by atoms with Crippen LogP contribution in [0.3, 0.4) is 0 Å². The van der Waals surface area contributed by atoms with Crippen LogP contribution in [0.4, 0.5) is 0 Å². The van der Waals surface area contributed by atoms with Crippen LogP contribution in [-0.4, -0.2) is 38.6 Å². The molecule has 29 heavy (non-hydrogen) atoms. The number of rotatable bonds is 4. The number of aliphatic hydroxyl groups excluding tert-OH is 1. The van der Waals surface area contributed by atoms with Gasteiger partial charge in [0.2, 0.25) is 0 Å². The smallest absolute Gasteiger partial charge is 0.167 e. The molecule has 0 saturated carbocycles. The van der Waals surface area contributed by atoms with E-state index in [4.69, 9.17) is 15.0 Å². The maximum Gasteiger partial charge on any atom is 0.167 e. The van der Waals surface area contributed by atoms with Gasteiger partial charge < -0.3 is 24.7 Å². The standard InChI is InChI=1S/C22H24N4O3/c1-16(27)21-24-10-11-26(21)15-19-14-20(29-25-19)18-4-2-17(3-5-18)6-7-22(23)8-12-28-13-9-22/h2-5,10-11,14,16,27H,8-9,12-13,15,23H2,1H3. The molecule has 2 aromatic heterocycles. The summed E-state index contributed by atoms with van der Waals surface area (Å²) in [6.07, 6.45) is 4.35. The number of aromatic nitrogens is 3. The lowest BCUT2D eigenvalue weighted by atomic mass is 9.92. The van der Waals surface area contributed by atoms with Gasteiger partial charge in [-0.05, 0) is 31.2 Å². The van der Waals surface area contributed by atoms with E-state index in [1.807, 2.05) is 41.1 Å². The molecule has 0 spiro atoms. The first kappa shape index (κ1) is 19.4. The second kappa shape index (κ2) is 8.21. The van der Waals surface area contributed by atoms with Crippen molar-refractivity contribution in [2.45, 2.75) is 38.0 Å². The van der Waals surface area contributed by atoms with Gasteiger partial charge in [0.15, 0.2) is 5.76 Å². The summed E-state index contributed by atoms with van der Waals surface area (Å²) in [6.45, 7) is 3.49. The number of nitrogens with two attached hydrogens (primary N) is 1. The highest BCUT2D eigenvalue weighted by Gasteiger charge is 2.25. The minimum atomic E-state index is -0.640. The lowest BCUT2D eigenvalue weighted by Crippen LogP contribution is -2.43. The van der Waals surface area contributed by atoms with Crippen molar-refractivity contribution in [2.75, 3.05) is 13.2 Å². The lowest BCUT2D eigenvalue weighted by molar-refractivity contribution is 0.0705. The van der Waals surface area contributed by atoms with Crippen molar-refractivity contribution in [3.05, 3.63) is 59.8 Å². The number of nitrogens with zero attached hydrogens (tertiary/aromatic N) is 3. The molecule has 0 radical (unpaired) electrons. The van der Waals surface area contributed by atoms with Gasteiger partial charge in [-0.15, -0.1) is 0 Å². The molecule has 1 aromatic carbocycles. The highest BCUT2D eigenvalue weighted by atomic mass is 16.5. The zero-order chi connectivity index (χ0) is 20.3. The van der Waals surface area contributed by atoms with Gasteiger partial charge in [0, 0.05) is 55.6 Å². The quantitative estimate of drug-likeness (QED) is 0.662. The van der Waals surface area contributed by atoms with Crippen LogP contribution in [0.2, 0.25) is 0 Å². The Morgan fingerprint density at radius 3 is 2.76 bits per heavy atom. The Kier molecular flexibility index (Phi) is 5.49. The highest BCUT2D eigenvalue weighted by molar-refractivity contribution is 5.59. The average molecular weight is 392 g/mol. The molecule has 0 bridgehead atoms. The Labute approximate surface area is 169 Å². The third-order valence-electron chi connectivity index (χ3n) is 5.02. The van der Waals surface area contributed by atoms with E-state index in [2.05, 4.69) is 22.0 Å². The number of benzene rings is 1. The molecule has 1 aliphatic rings. The van der Waals surface area contributed by atoms with Crippen LogP contribution < -0.4 is 5.73 Å². The number of hydrogen-bond donors (Lipinski definition) is 2. The van der Waals surface area contributed by atoms with E-state index < -0.39 is 11.6 Å². The molecule has 1 saturated heterocycles. The molecule has 150 valence electrons. The third-order valence-corrected chi connectivity index (χ3v) is 5.02. The fraction of sp³-hybridized carbons (Fsp3) is 0.364. The normalized spacial score (nSPS) is 16.8. The average Bonchev–Trinajstić information content (AvgIpc) is 3.38. The fourth-order valence-corrected chi connectivity index (χ4v) is 3.29. The first-order chi connectivity index (χ1) is 14.0. The summed E-state index contributed by atoms with van der Waals surface area (Å²) in [7, 11) is 0. The van der Waals surface area contributed by atoms with Crippen LogP contribution >= 0.6 is 0 Å². The van der Waals surface area contributed by atoms with Crippen LogP contribution in [0.25, 0.3) is 11.3 Å². The molecule has 1 fully saturated rings. The fourth-order valence-electron chi connectivity index (χ4n) is 3.29. The first-order valence-corrected chi connectivity index (χ1v) is 9.67. The van der Waals surface area contributed by atoms with Gasteiger partial charge in [0.05, 0.1) is 12.1 Å². The third kappa shape index (κ3) is 4.57. The van der Waals surface area contributed by atoms with E-state index in [1.165, 1.54) is 0 Å². The minimum absolute atomic E-state index is 0.463. The SMILES string of the molecule is CC(O)c1nccn1Cc1cc(-c2ccc(C#CC3(N)CCOCC3)cc2)on1. The second-order valence-corrected chi connectivity index (χ2v) is 7.37. The van der Waals surface area contributed by atoms with Gasteiger partial charge in [-0.2, -0.15) is 0 Å². The number of hydrogen-bond acceptors (Lipinski definition) is 6. The zero-order valence-electron chi connectivity index (χ0n) is 16.3. The zero-order valence-corrected chi connectivity index (χ0v) is 16.3. The van der Waals surface area contributed by atoms with Crippen molar-refractivity contribution in [2.24, 2.45) is 5.73 Å². The van der Waals surface area contributed by atoms with Crippen LogP contribution in [0, 0.1) is 11.8 Å². The van der Waals surface area contributed by atoms with Gasteiger partial charge >= 0.3 is 0 Å². The van der Waals surface area contributed by atoms with Crippen LogP contribution in [0.15, 0.2) is 47.2 Å². The monoisotopic (exact) mass is 392 g/mol. The number of ether oxygens (including phenoxy) is 1. The Bertz CT molecular complexity index is 1020. The van der Waals surface area contributed by atoms with Crippen molar-refractivity contribution < 1.29 is 14.4 Å². The first-order valence-electron chi connectivity index (χ1n) is 9.67. The molecule has 4 rings (SSSR count). The summed E-state index contributed by atoms with van der Waals surface area (Å²) in [5.41, 5.74) is 8.44. The Morgan fingerprint density at radius 2 is 2.03 bits per heavy atom. The molecule has 0 aliphatic carbocycles. The van der Waals surface area contributed by atoms with Gasteiger partial charge in [-0.1, -0.05) is 17.0 Å². The molecule has 1 aliphatic heterocycles. The highest BCUT2D eigenvalue weighted by Crippen LogP contribution is 2.22. The Balaban J connectivity index is 1.45. The lowest BCUT2D eigenvalue weighted by Gasteiger charge is -2.27. The summed E-state index contributed by atoms with van der Waals surface area (Å²) in [4.78, 5) is 4.17. The van der Waals surface area contributed by atoms with Crippen LogP contribution in [0.1, 0.15) is 43.0 Å². The maximum absolute atomic E-state index is 9.77. The van der Waals surface area contributed by atoms with Crippen molar-refractivity contribution in [1.29, 1.82) is 0 Å². The summed E-state index contributed by atoms with van der Waals surface area (Å²) in [6, 6.07) is 9.71. The number of aliphatic hydroxyl groups is 1. The summed E-state index contributed by atoms with van der Waals surface area (Å²) in [5.74, 6) is 7.65. The molecule has 3 aromatic rings. The predicted molar refractivity (Wildman–Crippen MR) is 108 cm³/mol. The molecule has 3 heterocycles. The van der Waals surface area contributed by atoms with Crippen molar-refractivity contribution in [1.82, 2.24) is 14.7 Å². The molecule has 1 atom stereocenters. The van der Waals surface area contributed by atoms with E-state index in [9.17, 15) is 5.11 Å². The topological polar surface area (TPSA) is 99.3 Å². The summed E-state index contributed by atoms with van der Waals surface area (Å²) < 4.78 is 12.7. The van der Waals surface area contributed by atoms with Crippen LogP contribution in [0.5, 0.6) is 0 Å². The largest absolute Gasteiger partial charge is 0.385 e. The molecule has 7 heteroatoms. The Hall–Kier alpha value is -2.92. The molecular weight excluding hydrogens is 368 g/mol. The van der Waals surface area contributed by atoms with E-state index >= 15 is 0 Å². The van der Waals surface area contributed by atoms with E-state index in [-0.39, 0.29) is 0 Å². The van der Waals surface area contributed by atoms with Gasteiger partial charge in [0.25, 0.3) is 0 Å². The minimum Gasteiger partial charge on any atom is -0.385 e. The summed E-state index contributed by atoms with van der Waals surface area (Å²) in [5, 5.41) is 13.9. The van der Waals surface area contributed by atoms with Crippen molar-refractivity contribution in [3.63, 3.8) is 0 Å². The van der Waals surface area contributed by atoms with Crippen LogP contribution in [-0.2, 0) is 11.3 Å². The molecule has 3 N–H and O–H groups in total. The predicted octanol–water partition coefficient (Wildman–Crippen LogP) is 2.50. The van der Waals surface area contributed by atoms with Gasteiger partial charge in [-0.3, -0.25) is 0 Å². The van der Waals surface area contributed by atoms with Gasteiger partial charge in [0.1, 0.15) is 17.6 Å². The number of imidazole rings is 1. The van der Waals surface area contributed by atoms with Crippen molar-refractivity contribution in [3.8, 4) is 23.2 Å². The molecule has 0 amide bonds. The molecular formula is C22H24N4O3. The van der Waals surface area contributed by atoms with E-state index in [0.717, 1.165) is 29.7 Å². The Morgan fingerprint density at radius 1 is 1.28 bits per heavy atom. The van der Waals surface area contributed by atoms with Crippen molar-refractivity contribution >= 4 is 0 Å². The molecule has 7 nitrogen and oxygen atoms in total. The summed E-state index contributed by atoms with van der Waals surface area (Å²) >= 11 is 0.